The number of benzene rings is 2. The van der Waals surface area contributed by atoms with Crippen molar-refractivity contribution in [2.24, 2.45) is 21.5 Å². The first-order chi connectivity index (χ1) is 13.3. The van der Waals surface area contributed by atoms with E-state index in [4.69, 9.17) is 44.1 Å². The van der Waals surface area contributed by atoms with Gasteiger partial charge in [-0.1, -0.05) is 47.5 Å². The van der Waals surface area contributed by atoms with Gasteiger partial charge in [-0.15, -0.1) is 0 Å². The normalized spacial score (nSPS) is 20.4. The fraction of sp³-hybridized carbons (Fsp3) is 0.300. The number of aliphatic imine (C=N–C) groups is 2. The lowest BCUT2D eigenvalue weighted by Crippen LogP contribution is -2.10. The first kappa shape index (κ1) is 20.3. The van der Waals surface area contributed by atoms with Crippen LogP contribution in [-0.2, 0) is 9.47 Å². The standard InChI is InChI=1S/2C10H11ClN2O/c2*1-6-2-3-7(4-8(6)11)9-5-14-10(12)13-9/h2*2-4,9H,5H2,1H3,(H2,12,13)/t2*9-/m10/s1. The van der Waals surface area contributed by atoms with Crippen LogP contribution >= 0.6 is 23.2 Å². The molecule has 0 unspecified atom stereocenters. The van der Waals surface area contributed by atoms with Crippen molar-refractivity contribution in [2.45, 2.75) is 25.9 Å². The monoisotopic (exact) mass is 420 g/mol. The molecule has 4 rings (SSSR count). The molecule has 2 aromatic rings. The average molecular weight is 421 g/mol. The summed E-state index contributed by atoms with van der Waals surface area (Å²) in [6.07, 6.45) is 0. The highest BCUT2D eigenvalue weighted by atomic mass is 35.5. The summed E-state index contributed by atoms with van der Waals surface area (Å²) in [4.78, 5) is 8.29. The van der Waals surface area contributed by atoms with Crippen molar-refractivity contribution in [2.75, 3.05) is 13.2 Å². The van der Waals surface area contributed by atoms with Crippen LogP contribution in [0.3, 0.4) is 0 Å². The molecule has 0 saturated heterocycles. The molecular weight excluding hydrogens is 399 g/mol. The molecule has 8 heteroatoms. The summed E-state index contributed by atoms with van der Waals surface area (Å²) in [6.45, 7) is 4.94. The molecule has 0 aromatic heterocycles. The minimum Gasteiger partial charge on any atom is -0.463 e. The van der Waals surface area contributed by atoms with Crippen molar-refractivity contribution in [3.05, 3.63) is 68.7 Å². The second-order valence-corrected chi connectivity index (χ2v) is 7.42. The molecule has 0 radical (unpaired) electrons. The molecule has 0 fully saturated rings. The third kappa shape index (κ3) is 4.88. The molecule has 0 spiro atoms. The molecule has 28 heavy (non-hydrogen) atoms. The van der Waals surface area contributed by atoms with E-state index in [1.165, 1.54) is 0 Å². The second kappa shape index (κ2) is 8.71. The van der Waals surface area contributed by atoms with Crippen LogP contribution in [0.5, 0.6) is 0 Å². The van der Waals surface area contributed by atoms with Crippen LogP contribution in [-0.4, -0.2) is 25.3 Å². The molecule has 4 N–H and O–H groups in total. The Hall–Kier alpha value is -2.44. The zero-order valence-corrected chi connectivity index (χ0v) is 17.2. The maximum Gasteiger partial charge on any atom is 0.282 e. The van der Waals surface area contributed by atoms with E-state index in [2.05, 4.69) is 9.98 Å². The van der Waals surface area contributed by atoms with Crippen molar-refractivity contribution in [1.29, 1.82) is 0 Å². The van der Waals surface area contributed by atoms with Crippen LogP contribution in [0.1, 0.15) is 34.3 Å². The fourth-order valence-electron chi connectivity index (χ4n) is 2.76. The molecule has 2 aliphatic heterocycles. The summed E-state index contributed by atoms with van der Waals surface area (Å²) < 4.78 is 10.1. The second-order valence-electron chi connectivity index (χ2n) is 6.61. The van der Waals surface area contributed by atoms with E-state index in [1.54, 1.807) is 0 Å². The quantitative estimate of drug-likeness (QED) is 0.764. The van der Waals surface area contributed by atoms with E-state index in [0.29, 0.717) is 13.2 Å². The number of rotatable bonds is 2. The first-order valence-electron chi connectivity index (χ1n) is 8.77. The molecule has 2 aromatic carbocycles. The number of aryl methyl sites for hydroxylation is 2. The van der Waals surface area contributed by atoms with Gasteiger partial charge in [0.15, 0.2) is 0 Å². The minimum absolute atomic E-state index is 0.00639. The van der Waals surface area contributed by atoms with E-state index >= 15 is 0 Å². The smallest absolute Gasteiger partial charge is 0.282 e. The highest BCUT2D eigenvalue weighted by Gasteiger charge is 2.19. The zero-order valence-electron chi connectivity index (χ0n) is 15.7. The van der Waals surface area contributed by atoms with Gasteiger partial charge in [-0.2, -0.15) is 0 Å². The lowest BCUT2D eigenvalue weighted by molar-refractivity contribution is 0.315. The molecule has 6 nitrogen and oxygen atoms in total. The summed E-state index contributed by atoms with van der Waals surface area (Å²) >= 11 is 12.0. The number of amidine groups is 2. The van der Waals surface area contributed by atoms with Gasteiger partial charge in [0, 0.05) is 10.0 Å². The number of halogens is 2. The Morgan fingerprint density at radius 3 is 1.46 bits per heavy atom. The van der Waals surface area contributed by atoms with Crippen LogP contribution in [0.4, 0.5) is 0 Å². The topological polar surface area (TPSA) is 95.2 Å². The molecule has 2 aliphatic rings. The summed E-state index contributed by atoms with van der Waals surface area (Å²) in [6, 6.07) is 12.3. The van der Waals surface area contributed by atoms with Crippen molar-refractivity contribution in [1.82, 2.24) is 0 Å². The summed E-state index contributed by atoms with van der Waals surface area (Å²) in [5.41, 5.74) is 15.1. The van der Waals surface area contributed by atoms with Gasteiger partial charge >= 0.3 is 0 Å². The number of hydrogen-bond donors (Lipinski definition) is 2. The van der Waals surface area contributed by atoms with E-state index in [1.807, 2.05) is 50.2 Å². The summed E-state index contributed by atoms with van der Waals surface area (Å²) in [5.74, 6) is 0. The lowest BCUT2D eigenvalue weighted by Gasteiger charge is -2.06. The maximum atomic E-state index is 6.01. The Bertz CT molecular complexity index is 855. The molecule has 2 atom stereocenters. The van der Waals surface area contributed by atoms with E-state index in [0.717, 1.165) is 32.3 Å². The van der Waals surface area contributed by atoms with Gasteiger partial charge < -0.3 is 20.9 Å². The molecule has 0 bridgehead atoms. The maximum absolute atomic E-state index is 6.01. The van der Waals surface area contributed by atoms with Gasteiger partial charge in [0.2, 0.25) is 0 Å². The first-order valence-corrected chi connectivity index (χ1v) is 9.53. The number of nitrogens with zero attached hydrogens (tertiary/aromatic N) is 2. The van der Waals surface area contributed by atoms with Crippen molar-refractivity contribution >= 4 is 35.2 Å². The SMILES string of the molecule is Cc1ccc([C@@H]2COC(N)=N2)cc1Cl.Cc1ccc([C@H]2COC(N)=N2)cc1Cl. The largest absolute Gasteiger partial charge is 0.463 e. The fourth-order valence-corrected chi connectivity index (χ4v) is 3.14. The van der Waals surface area contributed by atoms with E-state index in [9.17, 15) is 0 Å². The van der Waals surface area contributed by atoms with Crippen molar-refractivity contribution < 1.29 is 9.47 Å². The molecule has 0 aliphatic carbocycles. The molecular formula is C20H22Cl2N4O2. The predicted octanol–water partition coefficient (Wildman–Crippen LogP) is 4.07. The molecule has 0 saturated carbocycles. The third-order valence-electron chi connectivity index (χ3n) is 4.51. The predicted molar refractivity (Wildman–Crippen MR) is 113 cm³/mol. The minimum atomic E-state index is -0.00639. The van der Waals surface area contributed by atoms with Crippen LogP contribution < -0.4 is 11.5 Å². The van der Waals surface area contributed by atoms with Gasteiger partial charge in [-0.3, -0.25) is 0 Å². The highest BCUT2D eigenvalue weighted by Crippen LogP contribution is 2.27. The Labute approximate surface area is 174 Å². The van der Waals surface area contributed by atoms with Crippen LogP contribution in [0.2, 0.25) is 10.0 Å². The zero-order chi connectivity index (χ0) is 20.3. The van der Waals surface area contributed by atoms with Crippen LogP contribution in [0.25, 0.3) is 0 Å². The Balaban J connectivity index is 0.000000161. The summed E-state index contributed by atoms with van der Waals surface area (Å²) in [5, 5.41) is 1.51. The average Bonchev–Trinajstić information content (AvgIpc) is 3.29. The van der Waals surface area contributed by atoms with Gasteiger partial charge in [0.05, 0.1) is 0 Å². The van der Waals surface area contributed by atoms with Gasteiger partial charge in [-0.25, -0.2) is 9.98 Å². The molecule has 148 valence electrons. The van der Waals surface area contributed by atoms with Gasteiger partial charge in [0.25, 0.3) is 12.0 Å². The van der Waals surface area contributed by atoms with Gasteiger partial charge in [-0.05, 0) is 48.2 Å². The number of ether oxygens (including phenoxy) is 2. The van der Waals surface area contributed by atoms with Crippen LogP contribution in [0.15, 0.2) is 46.4 Å². The van der Waals surface area contributed by atoms with E-state index in [-0.39, 0.29) is 24.1 Å². The Morgan fingerprint density at radius 2 is 1.18 bits per heavy atom. The summed E-state index contributed by atoms with van der Waals surface area (Å²) in [7, 11) is 0. The Morgan fingerprint density at radius 1 is 0.786 bits per heavy atom. The van der Waals surface area contributed by atoms with Gasteiger partial charge in [0.1, 0.15) is 25.3 Å². The Kier molecular flexibility index (Phi) is 6.31. The third-order valence-corrected chi connectivity index (χ3v) is 5.32. The highest BCUT2D eigenvalue weighted by molar-refractivity contribution is 6.31. The van der Waals surface area contributed by atoms with Crippen molar-refractivity contribution in [3.8, 4) is 0 Å². The number of hydrogen-bond acceptors (Lipinski definition) is 6. The lowest BCUT2D eigenvalue weighted by atomic mass is 10.1. The van der Waals surface area contributed by atoms with Crippen LogP contribution in [0, 0.1) is 13.8 Å². The number of nitrogens with two attached hydrogens (primary N) is 2. The van der Waals surface area contributed by atoms with Crippen molar-refractivity contribution in [3.63, 3.8) is 0 Å². The van der Waals surface area contributed by atoms with E-state index < -0.39 is 0 Å². The molecule has 2 heterocycles. The molecule has 0 amide bonds.